The first kappa shape index (κ1) is 19.2. The predicted octanol–water partition coefficient (Wildman–Crippen LogP) is 3.32. The number of thiazole rings is 1. The summed E-state index contributed by atoms with van der Waals surface area (Å²) in [6.45, 7) is 2.24. The molecule has 3 rings (SSSR count). The van der Waals surface area contributed by atoms with Crippen LogP contribution in [0.2, 0.25) is 0 Å². The van der Waals surface area contributed by atoms with Gasteiger partial charge in [-0.1, -0.05) is 18.2 Å². The van der Waals surface area contributed by atoms with Gasteiger partial charge in [-0.05, 0) is 31.0 Å². The topological polar surface area (TPSA) is 59.2 Å². The van der Waals surface area contributed by atoms with Gasteiger partial charge in [-0.25, -0.2) is 4.98 Å². The van der Waals surface area contributed by atoms with E-state index in [4.69, 9.17) is 5.73 Å². The maximum absolute atomic E-state index is 12.5. The van der Waals surface area contributed by atoms with Crippen molar-refractivity contribution < 1.29 is 4.79 Å². The highest BCUT2D eigenvalue weighted by molar-refractivity contribution is 7.99. The average Bonchev–Trinajstić information content (AvgIpc) is 3.23. The molecule has 1 fully saturated rings. The lowest BCUT2D eigenvalue weighted by Gasteiger charge is -2.15. The van der Waals surface area contributed by atoms with Crippen LogP contribution in [0.5, 0.6) is 0 Å². The summed E-state index contributed by atoms with van der Waals surface area (Å²) in [7, 11) is 0. The highest BCUT2D eigenvalue weighted by atomic mass is 35.5. The van der Waals surface area contributed by atoms with Crippen LogP contribution >= 0.6 is 35.5 Å². The molecule has 2 heterocycles. The van der Waals surface area contributed by atoms with Crippen LogP contribution in [-0.2, 0) is 6.42 Å². The summed E-state index contributed by atoms with van der Waals surface area (Å²) in [4.78, 5) is 20.2. The summed E-state index contributed by atoms with van der Waals surface area (Å²) in [6, 6.07) is 10.4. The quantitative estimate of drug-likeness (QED) is 0.777. The number of nitrogens with zero attached hydrogens (tertiary/aromatic N) is 2. The second-order valence-electron chi connectivity index (χ2n) is 5.70. The van der Waals surface area contributed by atoms with Gasteiger partial charge in [0.1, 0.15) is 5.69 Å². The van der Waals surface area contributed by atoms with Gasteiger partial charge in [0, 0.05) is 35.5 Å². The maximum Gasteiger partial charge on any atom is 0.273 e. The summed E-state index contributed by atoms with van der Waals surface area (Å²) < 4.78 is 0. The number of halogens is 1. The van der Waals surface area contributed by atoms with E-state index in [1.807, 2.05) is 28.1 Å². The van der Waals surface area contributed by atoms with Gasteiger partial charge in [0.25, 0.3) is 5.91 Å². The molecule has 0 aliphatic carbocycles. The normalized spacial score (nSPS) is 16.9. The molecule has 24 heavy (non-hydrogen) atoms. The Balaban J connectivity index is 0.00000208. The average molecular weight is 384 g/mol. The summed E-state index contributed by atoms with van der Waals surface area (Å²) in [5.41, 5.74) is 6.12. The zero-order valence-corrected chi connectivity index (χ0v) is 15.8. The van der Waals surface area contributed by atoms with Crippen molar-refractivity contribution in [3.8, 4) is 0 Å². The van der Waals surface area contributed by atoms with Crippen LogP contribution < -0.4 is 5.73 Å². The fraction of sp³-hybridized carbons (Fsp3) is 0.412. The SMILES string of the molecule is Cl.NCCc1nc(C(=O)N2CCC(CSc3ccccc3)C2)cs1. The third kappa shape index (κ3) is 4.96. The number of thioether (sulfide) groups is 1. The van der Waals surface area contributed by atoms with Gasteiger partial charge in [0.15, 0.2) is 0 Å². The Bertz CT molecular complexity index is 650. The van der Waals surface area contributed by atoms with Crippen LogP contribution in [0.4, 0.5) is 0 Å². The third-order valence-electron chi connectivity index (χ3n) is 3.93. The number of hydrogen-bond donors (Lipinski definition) is 1. The van der Waals surface area contributed by atoms with Crippen molar-refractivity contribution in [2.24, 2.45) is 11.7 Å². The summed E-state index contributed by atoms with van der Waals surface area (Å²) >= 11 is 3.40. The molecule has 1 atom stereocenters. The standard InChI is InChI=1S/C17H21N3OS2.ClH/c18-8-6-16-19-15(12-23-16)17(21)20-9-7-13(10-20)11-22-14-4-2-1-3-5-14;/h1-5,12-13H,6-11,18H2;1H. The fourth-order valence-corrected chi connectivity index (χ4v) is 4.53. The van der Waals surface area contributed by atoms with Gasteiger partial charge in [0.05, 0.1) is 5.01 Å². The van der Waals surface area contributed by atoms with Gasteiger partial charge in [0.2, 0.25) is 0 Å². The van der Waals surface area contributed by atoms with E-state index >= 15 is 0 Å². The number of aromatic nitrogens is 1. The van der Waals surface area contributed by atoms with E-state index in [9.17, 15) is 4.79 Å². The number of benzene rings is 1. The van der Waals surface area contributed by atoms with Crippen molar-refractivity contribution in [2.45, 2.75) is 17.7 Å². The van der Waals surface area contributed by atoms with E-state index < -0.39 is 0 Å². The Labute approximate surface area is 157 Å². The van der Waals surface area contributed by atoms with Crippen molar-refractivity contribution >= 4 is 41.4 Å². The zero-order valence-electron chi connectivity index (χ0n) is 13.4. The molecule has 0 saturated carbocycles. The van der Waals surface area contributed by atoms with Crippen LogP contribution in [0.25, 0.3) is 0 Å². The van der Waals surface area contributed by atoms with E-state index in [1.54, 1.807) is 0 Å². The van der Waals surface area contributed by atoms with E-state index in [1.165, 1.54) is 16.2 Å². The molecule has 4 nitrogen and oxygen atoms in total. The predicted molar refractivity (Wildman–Crippen MR) is 103 cm³/mol. The third-order valence-corrected chi connectivity index (χ3v) is 6.08. The lowest BCUT2D eigenvalue weighted by Crippen LogP contribution is -2.29. The molecule has 1 aliphatic rings. The van der Waals surface area contributed by atoms with E-state index in [2.05, 4.69) is 29.2 Å². The number of carbonyl (C=O) groups excluding carboxylic acids is 1. The second-order valence-corrected chi connectivity index (χ2v) is 7.73. The first-order valence-electron chi connectivity index (χ1n) is 7.88. The Kier molecular flexibility index (Phi) is 7.55. The molecular weight excluding hydrogens is 362 g/mol. The van der Waals surface area contributed by atoms with Crippen LogP contribution in [0.1, 0.15) is 21.9 Å². The minimum absolute atomic E-state index is 0. The first-order valence-corrected chi connectivity index (χ1v) is 9.74. The Hall–Kier alpha value is -1.08. The Morgan fingerprint density at radius 2 is 2.17 bits per heavy atom. The van der Waals surface area contributed by atoms with Gasteiger partial charge >= 0.3 is 0 Å². The molecule has 7 heteroatoms. The Morgan fingerprint density at radius 3 is 2.92 bits per heavy atom. The summed E-state index contributed by atoms with van der Waals surface area (Å²) in [6.07, 6.45) is 1.82. The molecular formula is C17H22ClN3OS2. The van der Waals surface area contributed by atoms with Crippen LogP contribution in [-0.4, -0.2) is 41.2 Å². The van der Waals surface area contributed by atoms with Crippen LogP contribution in [0.15, 0.2) is 40.6 Å². The minimum atomic E-state index is 0. The summed E-state index contributed by atoms with van der Waals surface area (Å²) in [5.74, 6) is 1.69. The number of nitrogens with two attached hydrogens (primary N) is 1. The molecule has 1 aromatic carbocycles. The van der Waals surface area contributed by atoms with Crippen molar-refractivity contribution in [1.29, 1.82) is 0 Å². The molecule has 1 unspecified atom stereocenters. The zero-order chi connectivity index (χ0) is 16.1. The second kappa shape index (κ2) is 9.42. The number of rotatable bonds is 6. The van der Waals surface area contributed by atoms with Gasteiger partial charge < -0.3 is 10.6 Å². The van der Waals surface area contributed by atoms with Gasteiger partial charge in [-0.15, -0.1) is 35.5 Å². The number of amides is 1. The van der Waals surface area contributed by atoms with E-state index in [0.29, 0.717) is 18.2 Å². The molecule has 1 saturated heterocycles. The lowest BCUT2D eigenvalue weighted by atomic mass is 10.2. The van der Waals surface area contributed by atoms with Crippen molar-refractivity contribution in [3.63, 3.8) is 0 Å². The molecule has 2 aromatic rings. The molecule has 0 spiro atoms. The van der Waals surface area contributed by atoms with Crippen LogP contribution in [0, 0.1) is 5.92 Å². The molecule has 1 aromatic heterocycles. The highest BCUT2D eigenvalue weighted by Gasteiger charge is 2.28. The van der Waals surface area contributed by atoms with Crippen molar-refractivity contribution in [2.75, 3.05) is 25.4 Å². The molecule has 130 valence electrons. The van der Waals surface area contributed by atoms with Crippen LogP contribution in [0.3, 0.4) is 0 Å². The lowest BCUT2D eigenvalue weighted by molar-refractivity contribution is 0.0783. The van der Waals surface area contributed by atoms with Gasteiger partial charge in [-0.2, -0.15) is 0 Å². The van der Waals surface area contributed by atoms with E-state index in [-0.39, 0.29) is 18.3 Å². The molecule has 1 amide bonds. The van der Waals surface area contributed by atoms with Gasteiger partial charge in [-0.3, -0.25) is 4.79 Å². The maximum atomic E-state index is 12.5. The fourth-order valence-electron chi connectivity index (χ4n) is 2.69. The first-order chi connectivity index (χ1) is 11.3. The monoisotopic (exact) mass is 383 g/mol. The molecule has 0 radical (unpaired) electrons. The molecule has 1 aliphatic heterocycles. The minimum Gasteiger partial charge on any atom is -0.337 e. The number of hydrogen-bond acceptors (Lipinski definition) is 5. The summed E-state index contributed by atoms with van der Waals surface area (Å²) in [5, 5.41) is 2.81. The smallest absolute Gasteiger partial charge is 0.273 e. The molecule has 0 bridgehead atoms. The van der Waals surface area contributed by atoms with Crippen molar-refractivity contribution in [3.05, 3.63) is 46.4 Å². The van der Waals surface area contributed by atoms with E-state index in [0.717, 1.165) is 36.7 Å². The highest BCUT2D eigenvalue weighted by Crippen LogP contribution is 2.26. The van der Waals surface area contributed by atoms with Crippen molar-refractivity contribution in [1.82, 2.24) is 9.88 Å². The Morgan fingerprint density at radius 1 is 1.38 bits per heavy atom. The molecule has 2 N–H and O–H groups in total. The number of carbonyl (C=O) groups is 1. The number of likely N-dealkylation sites (tertiary alicyclic amines) is 1. The largest absolute Gasteiger partial charge is 0.337 e.